The third-order valence-electron chi connectivity index (χ3n) is 10.1. The number of hydrogen-bond acceptors (Lipinski definition) is 7. The molecular formula is C44H46N6O5. The van der Waals surface area contributed by atoms with Crippen molar-refractivity contribution in [1.82, 2.24) is 19.7 Å². The Kier molecular flexibility index (Phi) is 11.5. The Morgan fingerprint density at radius 2 is 1.11 bits per heavy atom. The smallest absolute Gasteiger partial charge is 0.247 e. The van der Waals surface area contributed by atoms with Crippen molar-refractivity contribution >= 4 is 35.0 Å². The van der Waals surface area contributed by atoms with Gasteiger partial charge in [-0.05, 0) is 87.3 Å². The summed E-state index contributed by atoms with van der Waals surface area (Å²) in [7, 11) is 3.89. The Labute approximate surface area is 321 Å². The first-order valence-corrected chi connectivity index (χ1v) is 18.9. The van der Waals surface area contributed by atoms with Crippen LogP contribution in [-0.4, -0.2) is 82.6 Å². The molecule has 11 heteroatoms. The zero-order chi connectivity index (χ0) is 38.3. The summed E-state index contributed by atoms with van der Waals surface area (Å²) in [6.45, 7) is 1.63. The lowest BCUT2D eigenvalue weighted by Gasteiger charge is -2.24. The fourth-order valence-electron chi connectivity index (χ4n) is 7.38. The van der Waals surface area contributed by atoms with Gasteiger partial charge in [-0.3, -0.25) is 19.2 Å². The number of carbonyl (C=O) groups excluding carboxylic acids is 4. The van der Waals surface area contributed by atoms with E-state index >= 15 is 0 Å². The van der Waals surface area contributed by atoms with Gasteiger partial charge in [0.1, 0.15) is 17.8 Å². The monoisotopic (exact) mass is 738 g/mol. The second kappa shape index (κ2) is 16.9. The Hall–Kier alpha value is -6.07. The molecule has 2 unspecified atom stereocenters. The third-order valence-corrected chi connectivity index (χ3v) is 10.1. The lowest BCUT2D eigenvalue weighted by Crippen LogP contribution is -2.43. The number of rotatable bonds is 12. The molecule has 2 fully saturated rings. The van der Waals surface area contributed by atoms with Crippen molar-refractivity contribution in [2.75, 3.05) is 37.8 Å². The van der Waals surface area contributed by atoms with Crippen molar-refractivity contribution in [3.8, 4) is 22.6 Å². The number of oxazole rings is 1. The van der Waals surface area contributed by atoms with E-state index in [1.54, 1.807) is 9.80 Å². The molecule has 11 nitrogen and oxygen atoms in total. The standard InChI is InChI=1S/C44H46N6O5/c1-48(2)29-38-47-41(32-17-21-34(22-18-32)45-43(53)36-15-9-25-49(36)39(51)27-30-11-5-3-6-12-30)42(55-38)33-19-23-35(24-20-33)46-44(54)37-16-10-26-50(37)40(52)28-31-13-7-4-8-14-31/h3-8,11-14,17-24,36-37H,9-10,15-16,25-29H2,1-2H3,(H,45,53)(H,46,54). The molecule has 1 aromatic heterocycles. The fourth-order valence-corrected chi connectivity index (χ4v) is 7.38. The molecule has 5 aromatic rings. The normalized spacial score (nSPS) is 16.7. The summed E-state index contributed by atoms with van der Waals surface area (Å²) in [6.07, 6.45) is 3.34. The molecule has 0 bridgehead atoms. The summed E-state index contributed by atoms with van der Waals surface area (Å²) in [5.41, 5.74) is 5.34. The molecule has 0 radical (unpaired) electrons. The summed E-state index contributed by atoms with van der Waals surface area (Å²) in [5, 5.41) is 6.02. The molecule has 282 valence electrons. The van der Waals surface area contributed by atoms with Crippen LogP contribution in [0.3, 0.4) is 0 Å². The largest absolute Gasteiger partial charge is 0.439 e. The van der Waals surface area contributed by atoms with Gasteiger partial charge in [0.15, 0.2) is 5.76 Å². The molecule has 7 rings (SSSR count). The number of amides is 4. The molecule has 4 aromatic carbocycles. The minimum absolute atomic E-state index is 0.0480. The van der Waals surface area contributed by atoms with E-state index in [0.29, 0.717) is 61.2 Å². The summed E-state index contributed by atoms with van der Waals surface area (Å²) in [5.74, 6) is 0.632. The van der Waals surface area contributed by atoms with E-state index in [9.17, 15) is 19.2 Å². The van der Waals surface area contributed by atoms with Gasteiger partial charge in [-0.25, -0.2) is 4.98 Å². The average Bonchev–Trinajstić information content (AvgIpc) is 3.97. The van der Waals surface area contributed by atoms with Gasteiger partial charge in [0.2, 0.25) is 29.5 Å². The van der Waals surface area contributed by atoms with Gasteiger partial charge in [-0.1, -0.05) is 72.8 Å². The van der Waals surface area contributed by atoms with Gasteiger partial charge in [0, 0.05) is 35.6 Å². The Bertz CT molecular complexity index is 1970. The quantitative estimate of drug-likeness (QED) is 0.151. The van der Waals surface area contributed by atoms with Crippen molar-refractivity contribution in [2.24, 2.45) is 0 Å². The van der Waals surface area contributed by atoms with Gasteiger partial charge in [-0.15, -0.1) is 0 Å². The lowest BCUT2D eigenvalue weighted by atomic mass is 10.0. The van der Waals surface area contributed by atoms with Crippen molar-refractivity contribution in [2.45, 2.75) is 57.2 Å². The van der Waals surface area contributed by atoms with E-state index in [4.69, 9.17) is 9.40 Å². The van der Waals surface area contributed by atoms with E-state index in [1.807, 2.05) is 128 Å². The van der Waals surface area contributed by atoms with Crippen LogP contribution >= 0.6 is 0 Å². The molecule has 2 saturated heterocycles. The van der Waals surface area contributed by atoms with Crippen LogP contribution in [0, 0.1) is 0 Å². The second-order valence-electron chi connectivity index (χ2n) is 14.5. The van der Waals surface area contributed by atoms with Crippen LogP contribution in [0.4, 0.5) is 11.4 Å². The van der Waals surface area contributed by atoms with Gasteiger partial charge < -0.3 is 29.8 Å². The van der Waals surface area contributed by atoms with Crippen molar-refractivity contribution in [1.29, 1.82) is 0 Å². The van der Waals surface area contributed by atoms with Gasteiger partial charge in [0.25, 0.3) is 0 Å². The number of benzene rings is 4. The molecule has 2 aliphatic rings. The van der Waals surface area contributed by atoms with Crippen LogP contribution in [0.2, 0.25) is 0 Å². The highest BCUT2D eigenvalue weighted by Crippen LogP contribution is 2.35. The molecule has 2 N–H and O–H groups in total. The number of likely N-dealkylation sites (tertiary alicyclic amines) is 2. The maximum Gasteiger partial charge on any atom is 0.247 e. The molecule has 0 saturated carbocycles. The number of anilines is 2. The van der Waals surface area contributed by atoms with E-state index in [0.717, 1.165) is 35.1 Å². The molecule has 4 amide bonds. The minimum Gasteiger partial charge on any atom is -0.439 e. The first kappa shape index (κ1) is 37.3. The molecule has 2 aliphatic heterocycles. The van der Waals surface area contributed by atoms with Crippen LogP contribution in [0.25, 0.3) is 22.6 Å². The summed E-state index contributed by atoms with van der Waals surface area (Å²) >= 11 is 0. The summed E-state index contributed by atoms with van der Waals surface area (Å²) in [4.78, 5) is 63.2. The molecule has 2 atom stereocenters. The maximum atomic E-state index is 13.4. The van der Waals surface area contributed by atoms with Crippen LogP contribution in [0.5, 0.6) is 0 Å². The number of nitrogens with one attached hydrogen (secondary N) is 2. The second-order valence-corrected chi connectivity index (χ2v) is 14.5. The number of nitrogens with zero attached hydrogens (tertiary/aromatic N) is 4. The van der Waals surface area contributed by atoms with Gasteiger partial charge >= 0.3 is 0 Å². The molecule has 0 spiro atoms. The predicted octanol–water partition coefficient (Wildman–Crippen LogP) is 6.41. The van der Waals surface area contributed by atoms with E-state index in [2.05, 4.69) is 10.6 Å². The van der Waals surface area contributed by atoms with Gasteiger partial charge in [-0.2, -0.15) is 0 Å². The molecule has 3 heterocycles. The number of hydrogen-bond donors (Lipinski definition) is 2. The Balaban J connectivity index is 1.02. The highest BCUT2D eigenvalue weighted by atomic mass is 16.4. The topological polar surface area (TPSA) is 128 Å². The van der Waals surface area contributed by atoms with E-state index < -0.39 is 12.1 Å². The summed E-state index contributed by atoms with van der Waals surface area (Å²) < 4.78 is 6.31. The van der Waals surface area contributed by atoms with E-state index in [-0.39, 0.29) is 36.5 Å². The van der Waals surface area contributed by atoms with E-state index in [1.165, 1.54) is 0 Å². The first-order valence-electron chi connectivity index (χ1n) is 18.9. The highest BCUT2D eigenvalue weighted by Gasteiger charge is 2.35. The molecule has 0 aliphatic carbocycles. The number of aromatic nitrogens is 1. The Morgan fingerprint density at radius 3 is 1.56 bits per heavy atom. The summed E-state index contributed by atoms with van der Waals surface area (Å²) in [6, 6.07) is 33.0. The van der Waals surface area contributed by atoms with Crippen LogP contribution < -0.4 is 10.6 Å². The lowest BCUT2D eigenvalue weighted by molar-refractivity contribution is -0.136. The SMILES string of the molecule is CN(C)Cc1nc(-c2ccc(NC(=O)C3CCCN3C(=O)Cc3ccccc3)cc2)c(-c2ccc(NC(=O)C3CCCN3C(=O)Cc3ccccc3)cc2)o1. The van der Waals surface area contributed by atoms with Gasteiger partial charge in [0.05, 0.1) is 19.4 Å². The predicted molar refractivity (Wildman–Crippen MR) is 212 cm³/mol. The van der Waals surface area contributed by atoms with Crippen molar-refractivity contribution < 1.29 is 23.6 Å². The van der Waals surface area contributed by atoms with Crippen LogP contribution in [-0.2, 0) is 38.6 Å². The Morgan fingerprint density at radius 1 is 0.655 bits per heavy atom. The number of carbonyl (C=O) groups is 4. The fraction of sp³-hybridized carbons (Fsp3) is 0.295. The van der Waals surface area contributed by atoms with Crippen molar-refractivity contribution in [3.05, 3.63) is 126 Å². The van der Waals surface area contributed by atoms with Crippen LogP contribution in [0.15, 0.2) is 114 Å². The zero-order valence-electron chi connectivity index (χ0n) is 31.2. The van der Waals surface area contributed by atoms with Crippen molar-refractivity contribution in [3.63, 3.8) is 0 Å². The molecular weight excluding hydrogens is 693 g/mol. The van der Waals surface area contributed by atoms with Crippen LogP contribution in [0.1, 0.15) is 42.7 Å². The highest BCUT2D eigenvalue weighted by molar-refractivity contribution is 5.99. The molecule has 55 heavy (non-hydrogen) atoms. The average molecular weight is 739 g/mol. The zero-order valence-corrected chi connectivity index (χ0v) is 31.2. The first-order chi connectivity index (χ1) is 26.7. The third kappa shape index (κ3) is 9.01. The minimum atomic E-state index is -0.516. The maximum absolute atomic E-state index is 13.4.